The van der Waals surface area contributed by atoms with Gasteiger partial charge in [-0.1, -0.05) is 0 Å². The first-order valence-electron chi connectivity index (χ1n) is 14.1. The number of hydrogen-bond acceptors (Lipinski definition) is 21. The van der Waals surface area contributed by atoms with Crippen LogP contribution in [0.3, 0.4) is 0 Å². The van der Waals surface area contributed by atoms with Crippen LogP contribution >= 0.6 is 0 Å². The van der Waals surface area contributed by atoms with Gasteiger partial charge in [-0.05, 0) is 0 Å². The number of carboxylic acid groups (broad SMARTS) is 1. The zero-order valence-corrected chi connectivity index (χ0v) is 23.7. The molecule has 8 unspecified atom stereocenters. The van der Waals surface area contributed by atoms with Crippen molar-refractivity contribution in [1.29, 1.82) is 0 Å². The molecule has 20 atom stereocenters. The number of aliphatic hydroxyl groups excluding tert-OH is 13. The summed E-state index contributed by atoms with van der Waals surface area (Å²) in [5.74, 6) is -1.73. The topological polar surface area (TPSA) is 365 Å². The van der Waals surface area contributed by atoms with E-state index in [1.54, 1.807) is 0 Å². The molecule has 0 aromatic rings. The van der Waals surface area contributed by atoms with Gasteiger partial charge in [0.2, 0.25) is 0 Å². The highest BCUT2D eigenvalue weighted by Gasteiger charge is 2.55. The predicted octanol–water partition coefficient (Wildman–Crippen LogP) is -9.66. The summed E-state index contributed by atoms with van der Waals surface area (Å²) in [7, 11) is 0. The van der Waals surface area contributed by atoms with Gasteiger partial charge in [0.1, 0.15) is 91.6 Å². The van der Waals surface area contributed by atoms with Gasteiger partial charge in [0, 0.05) is 0 Å². The fourth-order valence-corrected chi connectivity index (χ4v) is 5.53. The normalized spacial score (nSPS) is 51.9. The molecule has 46 heavy (non-hydrogen) atoms. The zero-order chi connectivity index (χ0) is 34.2. The second kappa shape index (κ2) is 15.5. The number of aliphatic carboxylic acids is 1. The van der Waals surface area contributed by atoms with Crippen molar-refractivity contribution in [3.63, 3.8) is 0 Å². The summed E-state index contributed by atoms with van der Waals surface area (Å²) in [6.07, 6.45) is -37.7. The van der Waals surface area contributed by atoms with Crippen LogP contribution < -0.4 is 0 Å². The van der Waals surface area contributed by atoms with Crippen molar-refractivity contribution in [3.8, 4) is 0 Å². The van der Waals surface area contributed by atoms with Gasteiger partial charge in [-0.2, -0.15) is 0 Å². The van der Waals surface area contributed by atoms with Crippen LogP contribution in [0, 0.1) is 0 Å². The summed E-state index contributed by atoms with van der Waals surface area (Å²) in [6, 6.07) is 0. The molecule has 268 valence electrons. The minimum Gasteiger partial charge on any atom is -0.479 e. The third-order valence-electron chi connectivity index (χ3n) is 8.17. The fraction of sp³-hybridized carbons (Fsp3) is 0.958. The molecule has 0 aromatic heterocycles. The van der Waals surface area contributed by atoms with Crippen molar-refractivity contribution in [2.45, 2.75) is 123 Å². The smallest absolute Gasteiger partial charge is 0.335 e. The average molecular weight is 681 g/mol. The van der Waals surface area contributed by atoms with E-state index in [0.717, 1.165) is 0 Å². The number of hydrogen-bond donors (Lipinski definition) is 14. The Morgan fingerprint density at radius 1 is 0.457 bits per heavy atom. The second-order valence-electron chi connectivity index (χ2n) is 11.2. The van der Waals surface area contributed by atoms with Crippen molar-refractivity contribution in [2.75, 3.05) is 19.8 Å². The molecule has 4 aliphatic rings. The van der Waals surface area contributed by atoms with E-state index in [9.17, 15) is 76.3 Å². The molecule has 0 saturated carbocycles. The van der Waals surface area contributed by atoms with Gasteiger partial charge in [0.25, 0.3) is 0 Å². The number of carboxylic acids is 1. The highest BCUT2D eigenvalue weighted by atomic mass is 16.8. The maximum Gasteiger partial charge on any atom is 0.335 e. The van der Waals surface area contributed by atoms with E-state index in [-0.39, 0.29) is 0 Å². The van der Waals surface area contributed by atoms with Crippen LogP contribution in [-0.4, -0.2) is 220 Å². The lowest BCUT2D eigenvalue weighted by molar-refractivity contribution is -0.386. The summed E-state index contributed by atoms with van der Waals surface area (Å²) in [5.41, 5.74) is 0. The Morgan fingerprint density at radius 2 is 0.804 bits per heavy atom. The molecule has 0 spiro atoms. The third-order valence-corrected chi connectivity index (χ3v) is 8.17. The maximum absolute atomic E-state index is 11.4. The van der Waals surface area contributed by atoms with Crippen LogP contribution in [0.1, 0.15) is 0 Å². The first kappa shape index (κ1) is 37.5. The SMILES string of the molecule is O=C(O)C1O[C@@H](O[C@@H]2C(CO)O[C@@H](O[C@@H]3C(CO)O[C@H](O[C@H]4C(CO)O[C@H](O)C(O)[C@H]4O)C(O)[C@H]3O)[C@@H](O)C2O)[C@@H](O)C(O)[C@@H]1O. The van der Waals surface area contributed by atoms with Crippen molar-refractivity contribution >= 4 is 5.97 Å². The predicted molar refractivity (Wildman–Crippen MR) is 134 cm³/mol. The molecule has 4 heterocycles. The van der Waals surface area contributed by atoms with Gasteiger partial charge in [-0.25, -0.2) is 4.79 Å². The monoisotopic (exact) mass is 680 g/mol. The Labute approximate surface area is 258 Å². The summed E-state index contributed by atoms with van der Waals surface area (Å²) in [6.45, 7) is -2.72. The summed E-state index contributed by atoms with van der Waals surface area (Å²) in [5, 5.41) is 142. The lowest BCUT2D eigenvalue weighted by Gasteiger charge is -2.48. The number of rotatable bonds is 10. The first-order valence-corrected chi connectivity index (χ1v) is 14.1. The van der Waals surface area contributed by atoms with E-state index in [0.29, 0.717) is 0 Å². The van der Waals surface area contributed by atoms with Crippen LogP contribution in [0.2, 0.25) is 0 Å². The Morgan fingerprint density at radius 3 is 1.20 bits per heavy atom. The molecule has 22 nitrogen and oxygen atoms in total. The summed E-state index contributed by atoms with van der Waals surface area (Å²) in [4.78, 5) is 11.4. The Bertz CT molecular complexity index is 986. The summed E-state index contributed by atoms with van der Waals surface area (Å²) < 4.78 is 37.2. The molecule has 0 aromatic carbocycles. The molecule has 14 N–H and O–H groups in total. The molecule has 4 rings (SSSR count). The number of aliphatic hydroxyl groups is 13. The van der Waals surface area contributed by atoms with Gasteiger partial charge in [0.15, 0.2) is 31.3 Å². The Kier molecular flexibility index (Phi) is 12.6. The van der Waals surface area contributed by atoms with E-state index in [1.807, 2.05) is 0 Å². The third kappa shape index (κ3) is 7.31. The second-order valence-corrected chi connectivity index (χ2v) is 11.2. The molecular formula is C24H40O22. The minimum absolute atomic E-state index is 0.823. The summed E-state index contributed by atoms with van der Waals surface area (Å²) >= 11 is 0. The van der Waals surface area contributed by atoms with Crippen LogP contribution in [0.15, 0.2) is 0 Å². The van der Waals surface area contributed by atoms with E-state index >= 15 is 0 Å². The van der Waals surface area contributed by atoms with Crippen LogP contribution in [-0.2, 0) is 38.0 Å². The van der Waals surface area contributed by atoms with Crippen molar-refractivity contribution in [1.82, 2.24) is 0 Å². The minimum atomic E-state index is -2.09. The Hall–Kier alpha value is -1.33. The lowest BCUT2D eigenvalue weighted by Crippen LogP contribution is -2.67. The van der Waals surface area contributed by atoms with Gasteiger partial charge in [0.05, 0.1) is 19.8 Å². The molecule has 4 saturated heterocycles. The van der Waals surface area contributed by atoms with Gasteiger partial charge >= 0.3 is 5.97 Å². The van der Waals surface area contributed by atoms with Gasteiger partial charge < -0.3 is 105 Å². The van der Waals surface area contributed by atoms with Gasteiger partial charge in [-0.3, -0.25) is 0 Å². The van der Waals surface area contributed by atoms with Crippen molar-refractivity contribution in [2.24, 2.45) is 0 Å². The standard InChI is InChI=1S/C24H40O22/c25-1-4-16(9(30)12(33)21(39)40-4)43-22-14(35)10(31)17(5(2-26)41-22)44-23-15(36)11(32)18(6(3-27)42-23)45-24-13(34)7(28)8(29)19(46-24)20(37)38/h4-19,21-36,39H,1-3H2,(H,37,38)/t4?,5?,6?,7?,8-,9+,10+,11?,12?,13-,14?,15-,16-,17+,18+,19?,21-,22+,23-,24+/m0/s1. The molecule has 4 fully saturated rings. The van der Waals surface area contributed by atoms with E-state index in [4.69, 9.17) is 33.2 Å². The lowest BCUT2D eigenvalue weighted by atomic mass is 9.95. The van der Waals surface area contributed by atoms with Crippen LogP contribution in [0.5, 0.6) is 0 Å². The largest absolute Gasteiger partial charge is 0.479 e. The number of ether oxygens (including phenoxy) is 7. The van der Waals surface area contributed by atoms with Crippen LogP contribution in [0.25, 0.3) is 0 Å². The van der Waals surface area contributed by atoms with E-state index in [2.05, 4.69) is 0 Å². The maximum atomic E-state index is 11.4. The average Bonchev–Trinajstić information content (AvgIpc) is 3.03. The van der Waals surface area contributed by atoms with Gasteiger partial charge in [-0.15, -0.1) is 0 Å². The molecule has 0 aliphatic carbocycles. The molecule has 22 heteroatoms. The highest BCUT2D eigenvalue weighted by molar-refractivity contribution is 5.73. The molecular weight excluding hydrogens is 640 g/mol. The van der Waals surface area contributed by atoms with Crippen LogP contribution in [0.4, 0.5) is 0 Å². The fourth-order valence-electron chi connectivity index (χ4n) is 5.53. The van der Waals surface area contributed by atoms with Crippen molar-refractivity contribution < 1.29 is 109 Å². The molecule has 0 amide bonds. The molecule has 4 aliphatic heterocycles. The molecule has 0 bridgehead atoms. The first-order chi connectivity index (χ1) is 21.7. The quantitative estimate of drug-likeness (QED) is 0.102. The number of carbonyl (C=O) groups is 1. The van der Waals surface area contributed by atoms with Crippen molar-refractivity contribution in [3.05, 3.63) is 0 Å². The zero-order valence-electron chi connectivity index (χ0n) is 23.7. The van der Waals surface area contributed by atoms with E-state index in [1.165, 1.54) is 0 Å². The Balaban J connectivity index is 1.44. The molecule has 0 radical (unpaired) electrons. The highest BCUT2D eigenvalue weighted by Crippen LogP contribution is 2.34. The van der Waals surface area contributed by atoms with E-state index < -0.39 is 149 Å².